The molecular formula is C27H21ClFN3O2S. The number of allylic oxidation sites excluding steroid dienone is 1. The van der Waals surface area contributed by atoms with Gasteiger partial charge in [0.05, 0.1) is 29.2 Å². The highest BCUT2D eigenvalue weighted by molar-refractivity contribution is 8.03. The lowest BCUT2D eigenvalue weighted by Gasteiger charge is -2.42. The number of amides is 1. The van der Waals surface area contributed by atoms with E-state index >= 15 is 0 Å². The van der Waals surface area contributed by atoms with Crippen molar-refractivity contribution in [2.45, 2.75) is 18.9 Å². The topological polar surface area (TPSA) is 56.6 Å². The van der Waals surface area contributed by atoms with Gasteiger partial charge in [-0.15, -0.1) is 0 Å². The highest BCUT2D eigenvalue weighted by Gasteiger charge is 2.38. The molecule has 8 heteroatoms. The van der Waals surface area contributed by atoms with Gasteiger partial charge in [-0.1, -0.05) is 47.6 Å². The van der Waals surface area contributed by atoms with E-state index in [1.165, 1.54) is 23.9 Å². The van der Waals surface area contributed by atoms with E-state index in [1.807, 2.05) is 53.4 Å². The first kappa shape index (κ1) is 23.3. The molecule has 2 heterocycles. The van der Waals surface area contributed by atoms with Gasteiger partial charge in [-0.2, -0.15) is 5.26 Å². The van der Waals surface area contributed by atoms with Gasteiger partial charge in [-0.25, -0.2) is 4.39 Å². The first-order valence-electron chi connectivity index (χ1n) is 11.1. The van der Waals surface area contributed by atoms with E-state index < -0.39 is 0 Å². The molecule has 0 radical (unpaired) electrons. The van der Waals surface area contributed by atoms with Gasteiger partial charge in [-0.05, 0) is 59.7 Å². The van der Waals surface area contributed by atoms with Gasteiger partial charge in [0, 0.05) is 23.0 Å². The van der Waals surface area contributed by atoms with Crippen LogP contribution < -0.4 is 9.64 Å². The SMILES string of the molecule is N#CC1=C2SCN(c3ccc(F)cc3)CN2C(=O)CC1c1ccc(OCc2ccc(Cl)cc2)cc1. The molecule has 2 aliphatic rings. The molecule has 0 saturated carbocycles. The molecule has 0 bridgehead atoms. The number of nitriles is 1. The Bertz CT molecular complexity index is 1300. The predicted octanol–water partition coefficient (Wildman–Crippen LogP) is 6.28. The Morgan fingerprint density at radius 1 is 1.06 bits per heavy atom. The van der Waals surface area contributed by atoms with Crippen LogP contribution >= 0.6 is 23.4 Å². The number of halogens is 2. The standard InChI is InChI=1S/C27H21ClFN3O2S/c28-20-5-1-18(2-6-20)15-34-23-11-3-19(4-12-23)24-13-26(33)32-16-31(17-35-27(32)25(24)14-30)22-9-7-21(29)8-10-22/h1-12,24H,13,15-17H2. The molecule has 0 spiro atoms. The normalized spacial score (nSPS) is 17.7. The fourth-order valence-electron chi connectivity index (χ4n) is 4.21. The zero-order valence-electron chi connectivity index (χ0n) is 18.7. The Morgan fingerprint density at radius 2 is 1.77 bits per heavy atom. The van der Waals surface area contributed by atoms with Gasteiger partial charge in [0.2, 0.25) is 5.91 Å². The van der Waals surface area contributed by atoms with E-state index in [2.05, 4.69) is 6.07 Å². The fourth-order valence-corrected chi connectivity index (χ4v) is 5.50. The summed E-state index contributed by atoms with van der Waals surface area (Å²) in [6.45, 7) is 0.754. The summed E-state index contributed by atoms with van der Waals surface area (Å²) >= 11 is 7.39. The molecule has 3 aromatic carbocycles. The van der Waals surface area contributed by atoms with Crippen molar-refractivity contribution in [3.63, 3.8) is 0 Å². The molecule has 5 nitrogen and oxygen atoms in total. The monoisotopic (exact) mass is 505 g/mol. The highest BCUT2D eigenvalue weighted by atomic mass is 35.5. The van der Waals surface area contributed by atoms with Gasteiger partial charge in [0.25, 0.3) is 0 Å². The lowest BCUT2D eigenvalue weighted by atomic mass is 9.86. The number of hydrogen-bond acceptors (Lipinski definition) is 5. The van der Waals surface area contributed by atoms with Crippen LogP contribution in [0.15, 0.2) is 83.4 Å². The van der Waals surface area contributed by atoms with E-state index in [1.54, 1.807) is 17.0 Å². The zero-order chi connectivity index (χ0) is 24.4. The van der Waals surface area contributed by atoms with Crippen molar-refractivity contribution >= 4 is 35.0 Å². The number of rotatable bonds is 5. The second-order valence-electron chi connectivity index (χ2n) is 8.32. The van der Waals surface area contributed by atoms with Crippen molar-refractivity contribution in [1.82, 2.24) is 4.90 Å². The Morgan fingerprint density at radius 3 is 2.46 bits per heavy atom. The summed E-state index contributed by atoms with van der Waals surface area (Å²) in [5.41, 5.74) is 3.35. The van der Waals surface area contributed by atoms with Crippen LogP contribution in [0.3, 0.4) is 0 Å². The average molecular weight is 506 g/mol. The number of benzene rings is 3. The summed E-state index contributed by atoms with van der Waals surface area (Å²) < 4.78 is 19.2. The molecule has 176 valence electrons. The maximum atomic E-state index is 13.3. The third-order valence-electron chi connectivity index (χ3n) is 6.09. The summed E-state index contributed by atoms with van der Waals surface area (Å²) in [5.74, 6) is 0.644. The number of carbonyl (C=O) groups is 1. The first-order valence-corrected chi connectivity index (χ1v) is 12.4. The minimum atomic E-state index is -0.302. The van der Waals surface area contributed by atoms with Gasteiger partial charge in [0.1, 0.15) is 18.2 Å². The summed E-state index contributed by atoms with van der Waals surface area (Å²) in [6.07, 6.45) is 0.217. The molecule has 0 aromatic heterocycles. The van der Waals surface area contributed by atoms with E-state index in [9.17, 15) is 14.4 Å². The molecule has 1 fully saturated rings. The Hall–Kier alpha value is -3.47. The van der Waals surface area contributed by atoms with E-state index in [0.29, 0.717) is 40.5 Å². The molecule has 0 aliphatic carbocycles. The van der Waals surface area contributed by atoms with E-state index in [0.717, 1.165) is 16.8 Å². The molecule has 35 heavy (non-hydrogen) atoms. The zero-order valence-corrected chi connectivity index (χ0v) is 20.2. The van der Waals surface area contributed by atoms with Gasteiger partial charge >= 0.3 is 0 Å². The minimum absolute atomic E-state index is 0.0358. The fraction of sp³-hybridized carbons (Fsp3) is 0.185. The van der Waals surface area contributed by atoms with Crippen molar-refractivity contribution in [3.05, 3.63) is 105 Å². The third kappa shape index (κ3) is 5.00. The average Bonchev–Trinajstić information content (AvgIpc) is 2.89. The molecule has 3 aromatic rings. The number of anilines is 1. The van der Waals surface area contributed by atoms with Crippen LogP contribution in [0.2, 0.25) is 5.02 Å². The van der Waals surface area contributed by atoms with Crippen molar-refractivity contribution < 1.29 is 13.9 Å². The van der Waals surface area contributed by atoms with E-state index in [-0.39, 0.29) is 24.1 Å². The molecular weight excluding hydrogens is 485 g/mol. The van der Waals surface area contributed by atoms with Crippen molar-refractivity contribution in [1.29, 1.82) is 5.26 Å². The number of thioether (sulfide) groups is 1. The number of fused-ring (bicyclic) bond motifs is 1. The van der Waals surface area contributed by atoms with Crippen molar-refractivity contribution in [2.24, 2.45) is 0 Å². The number of carbonyl (C=O) groups excluding carboxylic acids is 1. The third-order valence-corrected chi connectivity index (χ3v) is 7.49. The second-order valence-corrected chi connectivity index (χ2v) is 9.69. The van der Waals surface area contributed by atoms with Crippen LogP contribution in [0, 0.1) is 17.1 Å². The molecule has 2 aliphatic heterocycles. The van der Waals surface area contributed by atoms with Crippen LogP contribution in [0.4, 0.5) is 10.1 Å². The molecule has 1 amide bonds. The van der Waals surface area contributed by atoms with Gasteiger partial charge in [0.15, 0.2) is 0 Å². The molecule has 5 rings (SSSR count). The lowest BCUT2D eigenvalue weighted by Crippen LogP contribution is -2.47. The molecule has 1 saturated heterocycles. The Labute approximate surface area is 212 Å². The first-order chi connectivity index (χ1) is 17.0. The Kier molecular flexibility index (Phi) is 6.67. The lowest BCUT2D eigenvalue weighted by molar-refractivity contribution is -0.129. The smallest absolute Gasteiger partial charge is 0.229 e. The summed E-state index contributed by atoms with van der Waals surface area (Å²) in [7, 11) is 0. The van der Waals surface area contributed by atoms with Crippen LogP contribution in [-0.2, 0) is 11.4 Å². The molecule has 0 N–H and O–H groups in total. The summed E-state index contributed by atoms with van der Waals surface area (Å²) in [4.78, 5) is 16.8. The van der Waals surface area contributed by atoms with E-state index in [4.69, 9.17) is 16.3 Å². The second kappa shape index (κ2) is 10.0. The minimum Gasteiger partial charge on any atom is -0.489 e. The van der Waals surface area contributed by atoms with Crippen LogP contribution in [0.25, 0.3) is 0 Å². The largest absolute Gasteiger partial charge is 0.489 e. The quantitative estimate of drug-likeness (QED) is 0.408. The maximum Gasteiger partial charge on any atom is 0.229 e. The molecule has 1 unspecified atom stereocenters. The number of ether oxygens (including phenoxy) is 1. The van der Waals surface area contributed by atoms with Crippen molar-refractivity contribution in [2.75, 3.05) is 17.4 Å². The maximum absolute atomic E-state index is 13.3. The van der Waals surface area contributed by atoms with Crippen molar-refractivity contribution in [3.8, 4) is 11.8 Å². The highest BCUT2D eigenvalue weighted by Crippen LogP contribution is 2.43. The summed E-state index contributed by atoms with van der Waals surface area (Å²) in [6, 6.07) is 23.6. The predicted molar refractivity (Wildman–Crippen MR) is 135 cm³/mol. The summed E-state index contributed by atoms with van der Waals surface area (Å²) in [5, 5.41) is 11.4. The van der Waals surface area contributed by atoms with Crippen LogP contribution in [0.5, 0.6) is 5.75 Å². The Balaban J connectivity index is 1.31. The number of hydrogen-bond donors (Lipinski definition) is 0. The molecule has 1 atom stereocenters. The number of nitrogens with zero attached hydrogens (tertiary/aromatic N) is 3. The van der Waals surface area contributed by atoms with Gasteiger partial charge < -0.3 is 9.64 Å². The van der Waals surface area contributed by atoms with Crippen LogP contribution in [-0.4, -0.2) is 23.4 Å². The van der Waals surface area contributed by atoms with Gasteiger partial charge in [-0.3, -0.25) is 9.69 Å². The van der Waals surface area contributed by atoms with Crippen LogP contribution in [0.1, 0.15) is 23.5 Å².